The van der Waals surface area contributed by atoms with Crippen LogP contribution in [0, 0.1) is 0 Å². The molecule has 15 heavy (non-hydrogen) atoms. The van der Waals surface area contributed by atoms with Crippen LogP contribution in [0.25, 0.3) is 0 Å². The Bertz CT molecular complexity index is 317. The summed E-state index contributed by atoms with van der Waals surface area (Å²) in [5.74, 6) is 0. The van der Waals surface area contributed by atoms with E-state index in [9.17, 15) is 0 Å². The predicted octanol–water partition coefficient (Wildman–Crippen LogP) is 1.33. The van der Waals surface area contributed by atoms with Gasteiger partial charge in [0.1, 0.15) is 5.01 Å². The van der Waals surface area contributed by atoms with Crippen LogP contribution in [0.3, 0.4) is 0 Å². The Morgan fingerprint density at radius 3 is 2.87 bits per heavy atom. The fourth-order valence-corrected chi connectivity index (χ4v) is 2.66. The molecule has 0 saturated carbocycles. The molecule has 1 aromatic rings. The first kappa shape index (κ1) is 11.3. The van der Waals surface area contributed by atoms with Gasteiger partial charge in [0.25, 0.3) is 0 Å². The van der Waals surface area contributed by atoms with E-state index >= 15 is 0 Å². The molecular formula is C9H15ClN4S. The minimum Gasteiger partial charge on any atom is -0.305 e. The molecular weight excluding hydrogens is 232 g/mol. The molecule has 0 bridgehead atoms. The van der Waals surface area contributed by atoms with Crippen LogP contribution >= 0.6 is 22.9 Å². The van der Waals surface area contributed by atoms with Crippen LogP contribution in [-0.4, -0.2) is 53.2 Å². The van der Waals surface area contributed by atoms with E-state index < -0.39 is 0 Å². The molecule has 0 atom stereocenters. The molecule has 4 nitrogen and oxygen atoms in total. The van der Waals surface area contributed by atoms with Gasteiger partial charge < -0.3 is 4.90 Å². The van der Waals surface area contributed by atoms with E-state index in [4.69, 9.17) is 11.6 Å². The molecule has 1 saturated heterocycles. The second-order valence-corrected chi connectivity index (χ2v) is 5.53. The summed E-state index contributed by atoms with van der Waals surface area (Å²) in [5, 5.41) is 8.88. The van der Waals surface area contributed by atoms with Gasteiger partial charge in [-0.25, -0.2) is 0 Å². The van der Waals surface area contributed by atoms with Crippen LogP contribution in [-0.2, 0) is 6.54 Å². The number of aromatic nitrogens is 2. The molecule has 0 N–H and O–H groups in total. The van der Waals surface area contributed by atoms with Gasteiger partial charge in [-0.2, -0.15) is 0 Å². The molecule has 1 fully saturated rings. The molecule has 1 aromatic heterocycles. The smallest absolute Gasteiger partial charge is 0.207 e. The highest BCUT2D eigenvalue weighted by Crippen LogP contribution is 2.17. The topological polar surface area (TPSA) is 32.3 Å². The summed E-state index contributed by atoms with van der Waals surface area (Å²) in [6.45, 7) is 5.45. The van der Waals surface area contributed by atoms with Crippen molar-refractivity contribution in [2.75, 3.05) is 33.2 Å². The van der Waals surface area contributed by atoms with Crippen molar-refractivity contribution in [1.82, 2.24) is 20.0 Å². The molecule has 2 heterocycles. The molecule has 1 aliphatic heterocycles. The minimum atomic E-state index is 0.539. The Labute approximate surface area is 98.9 Å². The van der Waals surface area contributed by atoms with E-state index in [0.717, 1.165) is 31.2 Å². The van der Waals surface area contributed by atoms with Crippen LogP contribution in [0.4, 0.5) is 0 Å². The van der Waals surface area contributed by atoms with Gasteiger partial charge >= 0.3 is 0 Å². The fraction of sp³-hybridized carbons (Fsp3) is 0.778. The molecule has 2 rings (SSSR count). The number of hydrogen-bond donors (Lipinski definition) is 0. The number of halogens is 1. The van der Waals surface area contributed by atoms with E-state index in [1.807, 2.05) is 0 Å². The number of rotatable bonds is 2. The second-order valence-electron chi connectivity index (χ2n) is 3.88. The molecule has 0 spiro atoms. The van der Waals surface area contributed by atoms with Gasteiger partial charge in [0.2, 0.25) is 4.47 Å². The van der Waals surface area contributed by atoms with Gasteiger partial charge in [0.15, 0.2) is 0 Å². The Kier molecular flexibility index (Phi) is 3.91. The third-order valence-corrected chi connectivity index (χ3v) is 3.62. The summed E-state index contributed by atoms with van der Waals surface area (Å²) in [7, 11) is 2.17. The maximum absolute atomic E-state index is 5.75. The Balaban J connectivity index is 1.88. The van der Waals surface area contributed by atoms with E-state index in [1.165, 1.54) is 24.3 Å². The van der Waals surface area contributed by atoms with Gasteiger partial charge in [-0.3, -0.25) is 4.90 Å². The third kappa shape index (κ3) is 3.38. The Hall–Kier alpha value is -0.230. The molecule has 0 aromatic carbocycles. The third-order valence-electron chi connectivity index (χ3n) is 2.61. The summed E-state index contributed by atoms with van der Waals surface area (Å²) in [5.41, 5.74) is 0. The van der Waals surface area contributed by atoms with E-state index in [1.54, 1.807) is 0 Å². The van der Waals surface area contributed by atoms with Crippen LogP contribution in [0.2, 0.25) is 4.47 Å². The molecule has 84 valence electrons. The molecule has 0 unspecified atom stereocenters. The largest absolute Gasteiger partial charge is 0.305 e. The van der Waals surface area contributed by atoms with Crippen molar-refractivity contribution in [3.63, 3.8) is 0 Å². The van der Waals surface area contributed by atoms with Gasteiger partial charge in [-0.1, -0.05) is 11.3 Å². The lowest BCUT2D eigenvalue weighted by atomic mass is 10.4. The molecule has 0 amide bonds. The summed E-state index contributed by atoms with van der Waals surface area (Å²) in [4.78, 5) is 4.79. The molecule has 0 aliphatic carbocycles. The first-order chi connectivity index (χ1) is 7.24. The highest BCUT2D eigenvalue weighted by molar-refractivity contribution is 7.15. The summed E-state index contributed by atoms with van der Waals surface area (Å²) in [6, 6.07) is 0. The van der Waals surface area contributed by atoms with Crippen molar-refractivity contribution in [2.45, 2.75) is 13.0 Å². The van der Waals surface area contributed by atoms with Gasteiger partial charge in [-0.05, 0) is 38.2 Å². The number of nitrogens with zero attached hydrogens (tertiary/aromatic N) is 4. The zero-order valence-corrected chi connectivity index (χ0v) is 10.4. The summed E-state index contributed by atoms with van der Waals surface area (Å²) in [6.07, 6.45) is 1.23. The molecule has 1 aliphatic rings. The van der Waals surface area contributed by atoms with Crippen molar-refractivity contribution in [2.24, 2.45) is 0 Å². The average Bonchev–Trinajstić information content (AvgIpc) is 2.48. The number of hydrogen-bond acceptors (Lipinski definition) is 5. The first-order valence-corrected chi connectivity index (χ1v) is 6.32. The quantitative estimate of drug-likeness (QED) is 0.788. The lowest BCUT2D eigenvalue weighted by Gasteiger charge is -2.17. The molecule has 6 heteroatoms. The van der Waals surface area contributed by atoms with Crippen LogP contribution in [0.5, 0.6) is 0 Å². The Morgan fingerprint density at radius 1 is 1.27 bits per heavy atom. The lowest BCUT2D eigenvalue weighted by molar-refractivity contribution is 0.268. The van der Waals surface area contributed by atoms with Gasteiger partial charge in [0, 0.05) is 13.1 Å². The zero-order valence-electron chi connectivity index (χ0n) is 8.82. The highest BCUT2D eigenvalue weighted by Gasteiger charge is 2.13. The fourth-order valence-electron chi connectivity index (χ4n) is 1.75. The van der Waals surface area contributed by atoms with Crippen LogP contribution in [0.15, 0.2) is 0 Å². The standard InChI is InChI=1S/C9H15ClN4S/c1-13-3-2-4-14(6-5-13)7-8-11-12-9(10)15-8/h2-7H2,1H3. The van der Waals surface area contributed by atoms with Gasteiger partial charge in [-0.15, -0.1) is 10.2 Å². The molecule has 0 radical (unpaired) electrons. The lowest BCUT2D eigenvalue weighted by Crippen LogP contribution is -2.28. The summed E-state index contributed by atoms with van der Waals surface area (Å²) < 4.78 is 0.539. The van der Waals surface area contributed by atoms with Crippen molar-refractivity contribution >= 4 is 22.9 Å². The van der Waals surface area contributed by atoms with Gasteiger partial charge in [0.05, 0.1) is 6.54 Å². The van der Waals surface area contributed by atoms with E-state index in [2.05, 4.69) is 27.0 Å². The predicted molar refractivity (Wildman–Crippen MR) is 62.3 cm³/mol. The van der Waals surface area contributed by atoms with E-state index in [-0.39, 0.29) is 0 Å². The second kappa shape index (κ2) is 5.21. The first-order valence-electron chi connectivity index (χ1n) is 5.13. The average molecular weight is 247 g/mol. The van der Waals surface area contributed by atoms with Crippen molar-refractivity contribution in [1.29, 1.82) is 0 Å². The Morgan fingerprint density at radius 2 is 2.13 bits per heavy atom. The maximum Gasteiger partial charge on any atom is 0.207 e. The highest BCUT2D eigenvalue weighted by atomic mass is 35.5. The maximum atomic E-state index is 5.75. The van der Waals surface area contributed by atoms with Crippen LogP contribution in [0.1, 0.15) is 11.4 Å². The van der Waals surface area contributed by atoms with Crippen molar-refractivity contribution in [3.05, 3.63) is 9.47 Å². The zero-order chi connectivity index (χ0) is 10.7. The van der Waals surface area contributed by atoms with Crippen LogP contribution < -0.4 is 0 Å². The minimum absolute atomic E-state index is 0.539. The van der Waals surface area contributed by atoms with E-state index in [0.29, 0.717) is 4.47 Å². The monoisotopic (exact) mass is 246 g/mol. The normalized spacial score (nSPS) is 20.4. The van der Waals surface area contributed by atoms with Crippen molar-refractivity contribution < 1.29 is 0 Å². The summed E-state index contributed by atoms with van der Waals surface area (Å²) >= 11 is 7.23. The number of likely N-dealkylation sites (N-methyl/N-ethyl adjacent to an activating group) is 1. The SMILES string of the molecule is CN1CCCN(Cc2nnc(Cl)s2)CC1. The van der Waals surface area contributed by atoms with Crippen molar-refractivity contribution in [3.8, 4) is 0 Å².